The van der Waals surface area contributed by atoms with Crippen LogP contribution in [-0.2, 0) is 14.3 Å². The molecule has 1 aliphatic heterocycles. The highest BCUT2D eigenvalue weighted by atomic mass is 16.5. The van der Waals surface area contributed by atoms with Gasteiger partial charge in [-0.1, -0.05) is 26.7 Å². The van der Waals surface area contributed by atoms with Gasteiger partial charge in [0.2, 0.25) is 11.8 Å². The first kappa shape index (κ1) is 17.5. The highest BCUT2D eigenvalue weighted by Gasteiger charge is 2.30. The number of aliphatic carboxylic acids is 1. The van der Waals surface area contributed by atoms with Crippen molar-refractivity contribution in [3.63, 3.8) is 0 Å². The summed E-state index contributed by atoms with van der Waals surface area (Å²) in [6, 6.07) is -0.210. The van der Waals surface area contributed by atoms with Crippen LogP contribution in [0.15, 0.2) is 9.98 Å². The predicted octanol–water partition coefficient (Wildman–Crippen LogP) is 2.52. The van der Waals surface area contributed by atoms with Crippen molar-refractivity contribution in [2.45, 2.75) is 58.0 Å². The van der Waals surface area contributed by atoms with Gasteiger partial charge in [0.05, 0.1) is 14.2 Å². The Balaban J connectivity index is 2.58. The van der Waals surface area contributed by atoms with Crippen LogP contribution >= 0.6 is 0 Å². The Hall–Kier alpha value is -1.59. The molecule has 2 atom stereocenters. The first-order chi connectivity index (χ1) is 9.99. The Labute approximate surface area is 126 Å². The van der Waals surface area contributed by atoms with Gasteiger partial charge in [-0.3, -0.25) is 4.79 Å². The van der Waals surface area contributed by atoms with Crippen LogP contribution < -0.4 is 0 Å². The van der Waals surface area contributed by atoms with E-state index in [4.69, 9.17) is 14.6 Å². The quantitative estimate of drug-likeness (QED) is 0.732. The molecular weight excluding hydrogens is 272 g/mol. The summed E-state index contributed by atoms with van der Waals surface area (Å²) in [4.78, 5) is 19.7. The van der Waals surface area contributed by atoms with Crippen LogP contribution in [0.3, 0.4) is 0 Å². The molecule has 0 aromatic rings. The molecule has 0 fully saturated rings. The van der Waals surface area contributed by atoms with Gasteiger partial charge in [0, 0.05) is 6.42 Å². The molecule has 0 saturated carbocycles. The van der Waals surface area contributed by atoms with Crippen molar-refractivity contribution >= 4 is 17.8 Å². The minimum atomic E-state index is -0.744. The van der Waals surface area contributed by atoms with Crippen LogP contribution in [0, 0.1) is 5.92 Å². The van der Waals surface area contributed by atoms with E-state index in [2.05, 4.69) is 23.8 Å². The molecule has 1 heterocycles. The molecule has 0 radical (unpaired) electrons. The lowest BCUT2D eigenvalue weighted by Gasteiger charge is -2.27. The van der Waals surface area contributed by atoms with Crippen molar-refractivity contribution in [2.75, 3.05) is 14.2 Å². The zero-order chi connectivity index (χ0) is 15.8. The first-order valence-corrected chi connectivity index (χ1v) is 7.44. The van der Waals surface area contributed by atoms with E-state index in [1.165, 1.54) is 0 Å². The summed E-state index contributed by atoms with van der Waals surface area (Å²) < 4.78 is 10.7. The van der Waals surface area contributed by atoms with E-state index in [-0.39, 0.29) is 18.5 Å². The zero-order valence-corrected chi connectivity index (χ0v) is 13.3. The lowest BCUT2D eigenvalue weighted by molar-refractivity contribution is -0.137. The van der Waals surface area contributed by atoms with Gasteiger partial charge < -0.3 is 14.6 Å². The van der Waals surface area contributed by atoms with Gasteiger partial charge in [0.25, 0.3) is 0 Å². The minimum Gasteiger partial charge on any atom is -0.483 e. The fourth-order valence-electron chi connectivity index (χ4n) is 2.34. The van der Waals surface area contributed by atoms with Crippen LogP contribution in [0.2, 0.25) is 0 Å². The smallest absolute Gasteiger partial charge is 0.303 e. The molecule has 0 bridgehead atoms. The summed E-state index contributed by atoms with van der Waals surface area (Å²) in [5.74, 6) is 0.853. The largest absolute Gasteiger partial charge is 0.483 e. The van der Waals surface area contributed by atoms with Crippen molar-refractivity contribution in [1.29, 1.82) is 0 Å². The van der Waals surface area contributed by atoms with Crippen LogP contribution in [-0.4, -0.2) is 49.2 Å². The summed E-state index contributed by atoms with van der Waals surface area (Å²) in [6.45, 7) is 4.14. The fourth-order valence-corrected chi connectivity index (χ4v) is 2.34. The summed E-state index contributed by atoms with van der Waals surface area (Å²) in [5, 5.41) is 8.61. The molecule has 0 saturated heterocycles. The molecular formula is C15H26N2O4. The molecule has 0 aliphatic carbocycles. The maximum atomic E-state index is 10.5. The molecule has 6 nitrogen and oxygen atoms in total. The summed E-state index contributed by atoms with van der Waals surface area (Å²) >= 11 is 0. The lowest BCUT2D eigenvalue weighted by Crippen LogP contribution is -2.37. The van der Waals surface area contributed by atoms with Crippen LogP contribution in [0.4, 0.5) is 0 Å². The van der Waals surface area contributed by atoms with Gasteiger partial charge in [-0.05, 0) is 18.8 Å². The molecule has 6 heteroatoms. The molecule has 0 amide bonds. The number of aliphatic imine (C=N–C) groups is 2. The number of nitrogens with zero attached hydrogens (tertiary/aromatic N) is 2. The van der Waals surface area contributed by atoms with Crippen molar-refractivity contribution in [2.24, 2.45) is 15.9 Å². The molecule has 0 spiro atoms. The SMILES string of the molecule is COC1=N[C@H](C(C)C)C(OC)=N[C@H]1CCCCCC(=O)O. The van der Waals surface area contributed by atoms with Crippen LogP contribution in [0.25, 0.3) is 0 Å². The van der Waals surface area contributed by atoms with E-state index in [9.17, 15) is 4.79 Å². The molecule has 1 aliphatic rings. The molecule has 1 N–H and O–H groups in total. The number of rotatable bonds is 7. The number of carboxylic acid groups (broad SMARTS) is 1. The van der Waals surface area contributed by atoms with E-state index < -0.39 is 5.97 Å². The first-order valence-electron chi connectivity index (χ1n) is 7.44. The second-order valence-electron chi connectivity index (χ2n) is 5.54. The average molecular weight is 298 g/mol. The van der Waals surface area contributed by atoms with Crippen LogP contribution in [0.1, 0.15) is 46.0 Å². The maximum absolute atomic E-state index is 10.5. The van der Waals surface area contributed by atoms with Crippen molar-refractivity contribution in [1.82, 2.24) is 0 Å². The third-order valence-corrected chi connectivity index (χ3v) is 3.51. The third kappa shape index (κ3) is 5.36. The van der Waals surface area contributed by atoms with Crippen LogP contribution in [0.5, 0.6) is 0 Å². The number of methoxy groups -OCH3 is 2. The highest BCUT2D eigenvalue weighted by Crippen LogP contribution is 2.20. The van der Waals surface area contributed by atoms with E-state index in [0.717, 1.165) is 19.3 Å². The van der Waals surface area contributed by atoms with Gasteiger partial charge in [-0.25, -0.2) is 9.98 Å². The lowest BCUT2D eigenvalue weighted by atomic mass is 10.0. The second-order valence-corrected chi connectivity index (χ2v) is 5.54. The Morgan fingerprint density at radius 1 is 1.14 bits per heavy atom. The Morgan fingerprint density at radius 2 is 1.81 bits per heavy atom. The van der Waals surface area contributed by atoms with Crippen molar-refractivity contribution in [3.05, 3.63) is 0 Å². The summed E-state index contributed by atoms with van der Waals surface area (Å²) in [7, 11) is 3.23. The van der Waals surface area contributed by atoms with E-state index in [1.54, 1.807) is 14.2 Å². The van der Waals surface area contributed by atoms with Gasteiger partial charge in [0.1, 0.15) is 12.1 Å². The Bertz CT molecular complexity index is 404. The van der Waals surface area contributed by atoms with Gasteiger partial charge in [-0.2, -0.15) is 0 Å². The minimum absolute atomic E-state index is 0.0896. The van der Waals surface area contributed by atoms with E-state index in [0.29, 0.717) is 24.1 Å². The van der Waals surface area contributed by atoms with E-state index >= 15 is 0 Å². The van der Waals surface area contributed by atoms with Gasteiger partial charge >= 0.3 is 5.97 Å². The number of carboxylic acids is 1. The standard InChI is InChI=1S/C15H26N2O4/c1-10(2)13-15(21-4)16-11(14(17-13)20-3)8-6-5-7-9-12(18)19/h10-11,13H,5-9H2,1-4H3,(H,18,19)/t11-,13+/m0/s1. The maximum Gasteiger partial charge on any atom is 0.303 e. The molecule has 0 unspecified atom stereocenters. The number of ether oxygens (including phenoxy) is 2. The third-order valence-electron chi connectivity index (χ3n) is 3.51. The number of carbonyl (C=O) groups is 1. The van der Waals surface area contributed by atoms with Crippen molar-refractivity contribution in [3.8, 4) is 0 Å². The highest BCUT2D eigenvalue weighted by molar-refractivity contribution is 5.94. The summed E-state index contributed by atoms with van der Waals surface area (Å²) in [6.07, 6.45) is 3.47. The molecule has 1 rings (SSSR count). The number of hydrogen-bond donors (Lipinski definition) is 1. The number of unbranched alkanes of at least 4 members (excludes halogenated alkanes) is 2. The topological polar surface area (TPSA) is 80.5 Å². The monoisotopic (exact) mass is 298 g/mol. The molecule has 0 aromatic carbocycles. The average Bonchev–Trinajstić information content (AvgIpc) is 2.45. The zero-order valence-electron chi connectivity index (χ0n) is 13.3. The normalized spacial score (nSPS) is 21.8. The molecule has 120 valence electrons. The molecule has 0 aromatic heterocycles. The Kier molecular flexibility index (Phi) is 7.19. The van der Waals surface area contributed by atoms with E-state index in [1.807, 2.05) is 0 Å². The summed E-state index contributed by atoms with van der Waals surface area (Å²) in [5.41, 5.74) is 0. The Morgan fingerprint density at radius 3 is 2.33 bits per heavy atom. The van der Waals surface area contributed by atoms with Gasteiger partial charge in [-0.15, -0.1) is 0 Å². The second kappa shape index (κ2) is 8.64. The molecule has 21 heavy (non-hydrogen) atoms. The number of hydrogen-bond acceptors (Lipinski definition) is 5. The fraction of sp³-hybridized carbons (Fsp3) is 0.800. The predicted molar refractivity (Wildman–Crippen MR) is 82.0 cm³/mol. The van der Waals surface area contributed by atoms with Gasteiger partial charge in [0.15, 0.2) is 0 Å². The van der Waals surface area contributed by atoms with Crippen molar-refractivity contribution < 1.29 is 19.4 Å².